The Morgan fingerprint density at radius 2 is 1.96 bits per heavy atom. The van der Waals surface area contributed by atoms with Gasteiger partial charge in [0, 0.05) is 23.4 Å². The first-order valence-corrected chi connectivity index (χ1v) is 7.78. The van der Waals surface area contributed by atoms with Gasteiger partial charge in [-0.15, -0.1) is 0 Å². The summed E-state index contributed by atoms with van der Waals surface area (Å²) in [5, 5.41) is 2.75. The van der Waals surface area contributed by atoms with Crippen LogP contribution in [0.2, 0.25) is 0 Å². The molecule has 0 saturated carbocycles. The normalized spacial score (nSPS) is 13.8. The quantitative estimate of drug-likeness (QED) is 0.901. The minimum absolute atomic E-state index is 0.0194. The van der Waals surface area contributed by atoms with E-state index < -0.39 is 17.7 Å². The summed E-state index contributed by atoms with van der Waals surface area (Å²) in [6.07, 6.45) is 0. The highest BCUT2D eigenvalue weighted by Gasteiger charge is 2.19. The van der Waals surface area contributed by atoms with Crippen molar-refractivity contribution in [2.75, 3.05) is 25.7 Å². The van der Waals surface area contributed by atoms with Gasteiger partial charge in [-0.05, 0) is 44.3 Å². The summed E-state index contributed by atoms with van der Waals surface area (Å²) in [5.74, 6) is -0.0879. The molecule has 1 unspecified atom stereocenters. The van der Waals surface area contributed by atoms with Crippen LogP contribution in [0, 0.1) is 11.6 Å². The van der Waals surface area contributed by atoms with Crippen LogP contribution in [0.4, 0.5) is 14.5 Å². The zero-order valence-corrected chi connectivity index (χ0v) is 13.9. The second-order valence-electron chi connectivity index (χ2n) is 5.87. The van der Waals surface area contributed by atoms with E-state index in [9.17, 15) is 13.6 Å². The first kappa shape index (κ1) is 17.2. The van der Waals surface area contributed by atoms with Gasteiger partial charge in [-0.1, -0.05) is 0 Å². The molecule has 1 aliphatic rings. The van der Waals surface area contributed by atoms with E-state index in [0.29, 0.717) is 17.2 Å². The Hall–Kier alpha value is -2.67. The maximum absolute atomic E-state index is 13.9. The highest BCUT2D eigenvalue weighted by molar-refractivity contribution is 5.92. The van der Waals surface area contributed by atoms with Crippen molar-refractivity contribution in [3.8, 4) is 11.5 Å². The molecule has 132 valence electrons. The molecule has 2 aromatic rings. The van der Waals surface area contributed by atoms with E-state index in [2.05, 4.69) is 5.32 Å². The van der Waals surface area contributed by atoms with E-state index in [1.807, 2.05) is 0 Å². The van der Waals surface area contributed by atoms with Gasteiger partial charge in [0.25, 0.3) is 0 Å². The molecule has 2 aromatic carbocycles. The smallest absolute Gasteiger partial charge is 0.238 e. The third-order valence-electron chi connectivity index (χ3n) is 4.12. The number of hydrogen-bond donors (Lipinski definition) is 1. The largest absolute Gasteiger partial charge is 0.454 e. The Bertz CT molecular complexity index is 798. The minimum Gasteiger partial charge on any atom is -0.454 e. The molecule has 3 rings (SSSR count). The highest BCUT2D eigenvalue weighted by Crippen LogP contribution is 2.34. The standard InChI is InChI=1S/C18H18F2N2O3/c1-11(14-7-12(19)3-5-15(14)20)22(2)9-18(23)21-13-4-6-16-17(8-13)25-10-24-16/h3-8,11H,9-10H2,1-2H3,(H,21,23). The lowest BCUT2D eigenvalue weighted by Gasteiger charge is -2.24. The number of rotatable bonds is 5. The number of benzene rings is 2. The van der Waals surface area contributed by atoms with Crippen LogP contribution >= 0.6 is 0 Å². The number of hydrogen-bond acceptors (Lipinski definition) is 4. The molecular formula is C18H18F2N2O3. The molecule has 1 amide bonds. The van der Waals surface area contributed by atoms with Gasteiger partial charge in [0.15, 0.2) is 11.5 Å². The summed E-state index contributed by atoms with van der Waals surface area (Å²) in [6, 6.07) is 7.94. The summed E-state index contributed by atoms with van der Waals surface area (Å²) in [7, 11) is 1.67. The van der Waals surface area contributed by atoms with Crippen LogP contribution < -0.4 is 14.8 Å². The first-order valence-electron chi connectivity index (χ1n) is 7.78. The number of halogens is 2. The van der Waals surface area contributed by atoms with Gasteiger partial charge in [-0.3, -0.25) is 9.69 Å². The van der Waals surface area contributed by atoms with Crippen LogP contribution in [0.15, 0.2) is 36.4 Å². The number of nitrogens with zero attached hydrogens (tertiary/aromatic N) is 1. The van der Waals surface area contributed by atoms with E-state index in [-0.39, 0.29) is 24.8 Å². The van der Waals surface area contributed by atoms with Crippen LogP contribution in [0.3, 0.4) is 0 Å². The lowest BCUT2D eigenvalue weighted by molar-refractivity contribution is -0.117. The lowest BCUT2D eigenvalue weighted by atomic mass is 10.1. The molecular weight excluding hydrogens is 330 g/mol. The second kappa shape index (κ2) is 7.06. The van der Waals surface area contributed by atoms with E-state index in [4.69, 9.17) is 9.47 Å². The zero-order valence-electron chi connectivity index (χ0n) is 13.9. The molecule has 5 nitrogen and oxygen atoms in total. The van der Waals surface area contributed by atoms with Gasteiger partial charge >= 0.3 is 0 Å². The van der Waals surface area contributed by atoms with Gasteiger partial charge in [-0.25, -0.2) is 8.78 Å². The predicted octanol–water partition coefficient (Wildman–Crippen LogP) is 3.33. The number of ether oxygens (including phenoxy) is 2. The van der Waals surface area contributed by atoms with Crippen LogP contribution in [0.1, 0.15) is 18.5 Å². The predicted molar refractivity (Wildman–Crippen MR) is 88.6 cm³/mol. The summed E-state index contributed by atoms with van der Waals surface area (Å²) >= 11 is 0. The van der Waals surface area contributed by atoms with Gasteiger partial charge in [0.05, 0.1) is 6.54 Å². The van der Waals surface area contributed by atoms with Crippen LogP contribution in [-0.2, 0) is 4.79 Å². The van der Waals surface area contributed by atoms with Gasteiger partial charge in [-0.2, -0.15) is 0 Å². The molecule has 0 aliphatic carbocycles. The molecule has 0 bridgehead atoms. The number of carbonyl (C=O) groups is 1. The zero-order chi connectivity index (χ0) is 18.0. The number of amides is 1. The first-order chi connectivity index (χ1) is 11.9. The maximum atomic E-state index is 13.9. The summed E-state index contributed by atoms with van der Waals surface area (Å²) in [4.78, 5) is 13.9. The van der Waals surface area contributed by atoms with Crippen LogP contribution in [0.5, 0.6) is 11.5 Å². The fraction of sp³-hybridized carbons (Fsp3) is 0.278. The molecule has 0 fully saturated rings. The molecule has 1 aliphatic heterocycles. The summed E-state index contributed by atoms with van der Waals surface area (Å²) in [5.41, 5.74) is 0.783. The molecule has 0 aromatic heterocycles. The average molecular weight is 348 g/mol. The third-order valence-corrected chi connectivity index (χ3v) is 4.12. The molecule has 25 heavy (non-hydrogen) atoms. The molecule has 1 atom stereocenters. The summed E-state index contributed by atoms with van der Waals surface area (Å²) < 4.78 is 37.7. The van der Waals surface area contributed by atoms with Gasteiger partial charge in [0.2, 0.25) is 12.7 Å². The Balaban J connectivity index is 1.63. The van der Waals surface area contributed by atoms with E-state index in [1.165, 1.54) is 0 Å². The van der Waals surface area contributed by atoms with Crippen molar-refractivity contribution in [2.24, 2.45) is 0 Å². The number of anilines is 1. The monoisotopic (exact) mass is 348 g/mol. The van der Waals surface area contributed by atoms with Crippen molar-refractivity contribution >= 4 is 11.6 Å². The van der Waals surface area contributed by atoms with Crippen molar-refractivity contribution in [2.45, 2.75) is 13.0 Å². The average Bonchev–Trinajstić information content (AvgIpc) is 3.04. The Morgan fingerprint density at radius 3 is 2.76 bits per heavy atom. The second-order valence-corrected chi connectivity index (χ2v) is 5.87. The highest BCUT2D eigenvalue weighted by atomic mass is 19.1. The van der Waals surface area contributed by atoms with Crippen molar-refractivity contribution in [1.82, 2.24) is 4.90 Å². The number of fused-ring (bicyclic) bond motifs is 1. The topological polar surface area (TPSA) is 50.8 Å². The summed E-state index contributed by atoms with van der Waals surface area (Å²) in [6.45, 7) is 1.89. The molecule has 1 N–H and O–H groups in total. The van der Waals surface area contributed by atoms with E-state index in [0.717, 1.165) is 18.2 Å². The van der Waals surface area contributed by atoms with Crippen molar-refractivity contribution < 1.29 is 23.0 Å². The van der Waals surface area contributed by atoms with Gasteiger partial charge in [0.1, 0.15) is 11.6 Å². The van der Waals surface area contributed by atoms with Crippen molar-refractivity contribution in [3.05, 3.63) is 53.6 Å². The Labute approximate surface area is 144 Å². The molecule has 1 heterocycles. The fourth-order valence-corrected chi connectivity index (χ4v) is 2.61. The Morgan fingerprint density at radius 1 is 1.20 bits per heavy atom. The van der Waals surface area contributed by atoms with E-state index >= 15 is 0 Å². The maximum Gasteiger partial charge on any atom is 0.238 e. The van der Waals surface area contributed by atoms with Crippen molar-refractivity contribution in [3.63, 3.8) is 0 Å². The molecule has 0 saturated heterocycles. The van der Waals surface area contributed by atoms with Crippen LogP contribution in [-0.4, -0.2) is 31.2 Å². The third kappa shape index (κ3) is 3.88. The fourth-order valence-electron chi connectivity index (χ4n) is 2.61. The molecule has 0 spiro atoms. The molecule has 7 heteroatoms. The number of nitrogens with one attached hydrogen (secondary N) is 1. The Kier molecular flexibility index (Phi) is 4.85. The lowest BCUT2D eigenvalue weighted by Crippen LogP contribution is -2.32. The molecule has 0 radical (unpaired) electrons. The van der Waals surface area contributed by atoms with E-state index in [1.54, 1.807) is 37.1 Å². The number of likely N-dealkylation sites (N-methyl/N-ethyl adjacent to an activating group) is 1. The van der Waals surface area contributed by atoms with Gasteiger partial charge < -0.3 is 14.8 Å². The van der Waals surface area contributed by atoms with Crippen LogP contribution in [0.25, 0.3) is 0 Å². The van der Waals surface area contributed by atoms with Crippen molar-refractivity contribution in [1.29, 1.82) is 0 Å². The SMILES string of the molecule is CC(c1cc(F)ccc1F)N(C)CC(=O)Nc1ccc2c(c1)OCO2. The number of carbonyl (C=O) groups excluding carboxylic acids is 1. The minimum atomic E-state index is -0.513.